The average Bonchev–Trinajstić information content (AvgIpc) is 3.00. The summed E-state index contributed by atoms with van der Waals surface area (Å²) in [5.41, 5.74) is 2.33. The molecule has 1 saturated heterocycles. The summed E-state index contributed by atoms with van der Waals surface area (Å²) in [6, 6.07) is 1.88. The predicted molar refractivity (Wildman–Crippen MR) is 62.3 cm³/mol. The van der Waals surface area contributed by atoms with Crippen LogP contribution in [0.2, 0.25) is 0 Å². The number of nitrogens with one attached hydrogen (secondary N) is 1. The molecule has 1 atom stereocenters. The maximum atomic E-state index is 11.4. The maximum absolute atomic E-state index is 11.4. The summed E-state index contributed by atoms with van der Waals surface area (Å²) in [6.45, 7) is 0.800. The number of methoxy groups -OCH3 is 1. The lowest BCUT2D eigenvalue weighted by Gasteiger charge is -2.09. The van der Waals surface area contributed by atoms with Crippen LogP contribution in [0.15, 0.2) is 16.3 Å². The van der Waals surface area contributed by atoms with Crippen LogP contribution in [0.5, 0.6) is 0 Å². The van der Waals surface area contributed by atoms with Crippen LogP contribution in [0.3, 0.4) is 0 Å². The predicted octanol–water partition coefficient (Wildman–Crippen LogP) is 0.924. The summed E-state index contributed by atoms with van der Waals surface area (Å²) in [6.07, 6.45) is 3.26. The fourth-order valence-electron chi connectivity index (χ4n) is 2.21. The van der Waals surface area contributed by atoms with E-state index in [9.17, 15) is 10.1 Å². The van der Waals surface area contributed by atoms with Crippen LogP contribution < -0.4 is 5.32 Å². The largest absolute Gasteiger partial charge is 0.467 e. The first-order valence-corrected chi connectivity index (χ1v) is 5.77. The third kappa shape index (κ3) is 2.31. The molecule has 17 heavy (non-hydrogen) atoms. The van der Waals surface area contributed by atoms with Crippen LogP contribution in [-0.2, 0) is 9.53 Å². The monoisotopic (exact) mass is 233 g/mol. The van der Waals surface area contributed by atoms with Crippen molar-refractivity contribution in [3.8, 4) is 6.07 Å². The van der Waals surface area contributed by atoms with Crippen molar-refractivity contribution in [2.24, 2.45) is 4.99 Å². The third-order valence-corrected chi connectivity index (χ3v) is 3.09. The van der Waals surface area contributed by atoms with Gasteiger partial charge in [0.2, 0.25) is 0 Å². The van der Waals surface area contributed by atoms with Gasteiger partial charge in [0, 0.05) is 12.2 Å². The molecule has 5 nitrogen and oxygen atoms in total. The minimum atomic E-state index is -0.319. The highest BCUT2D eigenvalue weighted by Crippen LogP contribution is 2.23. The molecule has 0 unspecified atom stereocenters. The first-order valence-electron chi connectivity index (χ1n) is 5.77. The quantitative estimate of drug-likeness (QED) is 0.568. The first-order chi connectivity index (χ1) is 8.26. The van der Waals surface area contributed by atoms with Crippen molar-refractivity contribution in [1.29, 1.82) is 5.26 Å². The number of ether oxygens (including phenoxy) is 1. The van der Waals surface area contributed by atoms with E-state index in [-0.39, 0.29) is 12.0 Å². The van der Waals surface area contributed by atoms with Crippen molar-refractivity contribution in [1.82, 2.24) is 5.32 Å². The lowest BCUT2D eigenvalue weighted by molar-refractivity contribution is -0.142. The van der Waals surface area contributed by atoms with Gasteiger partial charge >= 0.3 is 5.97 Å². The van der Waals surface area contributed by atoms with Gasteiger partial charge in [-0.15, -0.1) is 0 Å². The van der Waals surface area contributed by atoms with Crippen LogP contribution in [0.4, 0.5) is 0 Å². The summed E-state index contributed by atoms with van der Waals surface area (Å²) in [7, 11) is 1.37. The van der Waals surface area contributed by atoms with E-state index in [0.29, 0.717) is 18.4 Å². The van der Waals surface area contributed by atoms with Crippen LogP contribution in [-0.4, -0.2) is 31.4 Å². The van der Waals surface area contributed by atoms with E-state index in [1.165, 1.54) is 7.11 Å². The molecule has 2 rings (SSSR count). The van der Waals surface area contributed by atoms with Crippen LogP contribution in [0.25, 0.3) is 0 Å². The Balaban J connectivity index is 2.16. The topological polar surface area (TPSA) is 74.5 Å². The van der Waals surface area contributed by atoms with Crippen LogP contribution in [0, 0.1) is 11.3 Å². The lowest BCUT2D eigenvalue weighted by Crippen LogP contribution is -2.31. The Morgan fingerprint density at radius 2 is 2.41 bits per heavy atom. The Labute approximate surface area is 100 Å². The number of nitriles is 1. The first kappa shape index (κ1) is 11.6. The summed E-state index contributed by atoms with van der Waals surface area (Å²) in [4.78, 5) is 15.7. The Bertz CT molecular complexity index is 432. The minimum Gasteiger partial charge on any atom is -0.467 e. The molecule has 2 aliphatic heterocycles. The molecular formula is C12H15N3O2. The van der Waals surface area contributed by atoms with Crippen molar-refractivity contribution in [3.05, 3.63) is 11.3 Å². The number of nitrogens with zero attached hydrogens (tertiary/aromatic N) is 2. The minimum absolute atomic E-state index is 0.273. The van der Waals surface area contributed by atoms with Gasteiger partial charge < -0.3 is 10.1 Å². The summed E-state index contributed by atoms with van der Waals surface area (Å²) >= 11 is 0. The van der Waals surface area contributed by atoms with E-state index >= 15 is 0 Å². The molecule has 0 bridgehead atoms. The van der Waals surface area contributed by atoms with E-state index in [0.717, 1.165) is 30.8 Å². The molecule has 0 aromatic heterocycles. The van der Waals surface area contributed by atoms with Gasteiger partial charge in [-0.3, -0.25) is 4.99 Å². The van der Waals surface area contributed by atoms with Crippen molar-refractivity contribution < 1.29 is 9.53 Å². The van der Waals surface area contributed by atoms with Crippen molar-refractivity contribution in [2.45, 2.75) is 31.7 Å². The van der Waals surface area contributed by atoms with E-state index in [4.69, 9.17) is 0 Å². The smallest absolute Gasteiger partial charge is 0.328 e. The number of hydrogen-bond donors (Lipinski definition) is 1. The van der Waals surface area contributed by atoms with Gasteiger partial charge in [0.25, 0.3) is 0 Å². The number of esters is 1. The molecule has 2 heterocycles. The van der Waals surface area contributed by atoms with Gasteiger partial charge in [-0.05, 0) is 25.7 Å². The molecule has 0 aromatic rings. The molecule has 0 saturated carbocycles. The lowest BCUT2D eigenvalue weighted by atomic mass is 10.1. The molecular weight excluding hydrogens is 218 g/mol. The van der Waals surface area contributed by atoms with Gasteiger partial charge in [0.15, 0.2) is 0 Å². The van der Waals surface area contributed by atoms with Gasteiger partial charge in [-0.2, -0.15) is 5.26 Å². The van der Waals surface area contributed by atoms with E-state index in [1.54, 1.807) is 0 Å². The van der Waals surface area contributed by atoms with Crippen molar-refractivity contribution >= 4 is 11.7 Å². The highest BCUT2D eigenvalue weighted by atomic mass is 16.5. The zero-order chi connectivity index (χ0) is 12.3. The molecule has 5 heteroatoms. The Morgan fingerprint density at radius 3 is 3.00 bits per heavy atom. The standard InChI is InChI=1S/C12H15N3O2/c1-17-12(16)11-5-4-10(15-11)8(7-13)9-3-2-6-14-9/h11,15H,2-6H2,1H3/b10-8-/t11-/m0/s1. The Kier molecular flexibility index (Phi) is 3.43. The Hall–Kier alpha value is -1.83. The van der Waals surface area contributed by atoms with Crippen LogP contribution in [0.1, 0.15) is 25.7 Å². The highest BCUT2D eigenvalue weighted by molar-refractivity contribution is 6.05. The van der Waals surface area contributed by atoms with E-state index in [1.807, 2.05) is 0 Å². The molecule has 90 valence electrons. The maximum Gasteiger partial charge on any atom is 0.328 e. The van der Waals surface area contributed by atoms with E-state index < -0.39 is 0 Å². The highest BCUT2D eigenvalue weighted by Gasteiger charge is 2.29. The summed E-state index contributed by atoms with van der Waals surface area (Å²) in [5.74, 6) is -0.273. The van der Waals surface area contributed by atoms with Gasteiger partial charge in [-0.25, -0.2) is 4.79 Å². The molecule has 0 aliphatic carbocycles. The normalized spacial score (nSPS) is 25.9. The van der Waals surface area contributed by atoms with Gasteiger partial charge in [0.1, 0.15) is 12.1 Å². The van der Waals surface area contributed by atoms with Crippen molar-refractivity contribution in [3.63, 3.8) is 0 Å². The zero-order valence-electron chi connectivity index (χ0n) is 9.82. The van der Waals surface area contributed by atoms with Gasteiger partial charge in [0.05, 0.1) is 18.4 Å². The molecule has 1 N–H and O–H groups in total. The number of aliphatic imine (C=N–C) groups is 1. The van der Waals surface area contributed by atoms with Crippen molar-refractivity contribution in [2.75, 3.05) is 13.7 Å². The Morgan fingerprint density at radius 1 is 1.59 bits per heavy atom. The number of allylic oxidation sites excluding steroid dienone is 2. The van der Waals surface area contributed by atoms with Crippen LogP contribution >= 0.6 is 0 Å². The number of rotatable bonds is 2. The second-order valence-corrected chi connectivity index (χ2v) is 4.16. The van der Waals surface area contributed by atoms with Gasteiger partial charge in [-0.1, -0.05) is 0 Å². The zero-order valence-corrected chi connectivity index (χ0v) is 9.82. The SMILES string of the molecule is COC(=O)[C@@H]1CC/C(=C(\C#N)C2=NCCC2)N1. The number of carbonyl (C=O) groups is 1. The number of carbonyl (C=O) groups excluding carboxylic acids is 1. The third-order valence-electron chi connectivity index (χ3n) is 3.09. The average molecular weight is 233 g/mol. The molecule has 0 aromatic carbocycles. The fraction of sp³-hybridized carbons (Fsp3) is 0.583. The summed E-state index contributed by atoms with van der Waals surface area (Å²) in [5, 5.41) is 12.3. The van der Waals surface area contributed by atoms with E-state index in [2.05, 4.69) is 21.1 Å². The molecule has 0 radical (unpaired) electrons. The second-order valence-electron chi connectivity index (χ2n) is 4.16. The molecule has 0 amide bonds. The summed E-state index contributed by atoms with van der Waals surface area (Å²) < 4.78 is 4.68. The molecule has 1 fully saturated rings. The number of hydrogen-bond acceptors (Lipinski definition) is 5. The second kappa shape index (κ2) is 5.00. The molecule has 2 aliphatic rings. The molecule has 0 spiro atoms. The fourth-order valence-corrected chi connectivity index (χ4v) is 2.21.